The van der Waals surface area contributed by atoms with E-state index >= 15 is 0 Å². The van der Waals surface area contributed by atoms with Crippen molar-refractivity contribution in [3.8, 4) is 0 Å². The van der Waals surface area contributed by atoms with E-state index in [2.05, 4.69) is 4.98 Å². The lowest BCUT2D eigenvalue weighted by molar-refractivity contribution is -0.128. The smallest absolute Gasteiger partial charge is 0.0943 e. The second-order valence-corrected chi connectivity index (χ2v) is 6.07. The van der Waals surface area contributed by atoms with Crippen molar-refractivity contribution in [2.75, 3.05) is 6.61 Å². The summed E-state index contributed by atoms with van der Waals surface area (Å²) in [5, 5.41) is 10.6. The summed E-state index contributed by atoms with van der Waals surface area (Å²) in [6.45, 7) is 2.70. The maximum absolute atomic E-state index is 10.6. The molecule has 1 aliphatic rings. The van der Waals surface area contributed by atoms with Crippen LogP contribution >= 0.6 is 11.3 Å². The Morgan fingerprint density at radius 1 is 1.39 bits per heavy atom. The van der Waals surface area contributed by atoms with Gasteiger partial charge >= 0.3 is 0 Å². The predicted molar refractivity (Wildman–Crippen MR) is 73.9 cm³/mol. The monoisotopic (exact) mass is 269 g/mol. The van der Waals surface area contributed by atoms with Crippen molar-refractivity contribution in [3.63, 3.8) is 0 Å². The van der Waals surface area contributed by atoms with Crippen molar-refractivity contribution in [3.05, 3.63) is 16.6 Å². The lowest BCUT2D eigenvalue weighted by Gasteiger charge is -2.37. The fourth-order valence-corrected chi connectivity index (χ4v) is 3.54. The van der Waals surface area contributed by atoms with E-state index in [-0.39, 0.29) is 5.60 Å². The maximum atomic E-state index is 10.6. The number of hydrogen-bond donors (Lipinski definition) is 1. The standard InChI is InChI=1S/C14H23NO2S/c1-2-17-14(7-5-3-4-6-8-14)13(16)9-12-10-15-11-18-12/h10-11,13,16H,2-9H2,1H3. The molecule has 0 saturated heterocycles. The maximum Gasteiger partial charge on any atom is 0.0943 e. The highest BCUT2D eigenvalue weighted by Gasteiger charge is 2.38. The number of rotatable bonds is 5. The molecule has 1 N–H and O–H groups in total. The Morgan fingerprint density at radius 3 is 2.67 bits per heavy atom. The molecule has 1 aromatic rings. The summed E-state index contributed by atoms with van der Waals surface area (Å²) >= 11 is 1.61. The van der Waals surface area contributed by atoms with E-state index in [9.17, 15) is 5.11 Å². The van der Waals surface area contributed by atoms with E-state index in [4.69, 9.17) is 4.74 Å². The number of hydrogen-bond acceptors (Lipinski definition) is 4. The van der Waals surface area contributed by atoms with Crippen LogP contribution in [0.15, 0.2) is 11.7 Å². The van der Waals surface area contributed by atoms with Crippen LogP contribution in [0.5, 0.6) is 0 Å². The van der Waals surface area contributed by atoms with Gasteiger partial charge in [-0.15, -0.1) is 11.3 Å². The second kappa shape index (κ2) is 6.64. The van der Waals surface area contributed by atoms with Crippen LogP contribution in [0.3, 0.4) is 0 Å². The number of aromatic nitrogens is 1. The third-order valence-corrected chi connectivity index (χ3v) is 4.67. The van der Waals surface area contributed by atoms with Crippen molar-refractivity contribution in [2.45, 2.75) is 63.6 Å². The van der Waals surface area contributed by atoms with Crippen molar-refractivity contribution in [1.82, 2.24) is 4.98 Å². The predicted octanol–water partition coefficient (Wildman–Crippen LogP) is 3.18. The lowest BCUT2D eigenvalue weighted by atomic mass is 9.86. The molecule has 2 rings (SSSR count). The van der Waals surface area contributed by atoms with Gasteiger partial charge in [-0.25, -0.2) is 0 Å². The van der Waals surface area contributed by atoms with Gasteiger partial charge in [0.05, 0.1) is 17.2 Å². The van der Waals surface area contributed by atoms with E-state index in [0.717, 1.165) is 17.7 Å². The summed E-state index contributed by atoms with van der Waals surface area (Å²) in [7, 11) is 0. The molecule has 18 heavy (non-hydrogen) atoms. The Bertz CT molecular complexity index is 332. The molecule has 4 heteroatoms. The third-order valence-electron chi connectivity index (χ3n) is 3.87. The van der Waals surface area contributed by atoms with Crippen LogP contribution in [-0.4, -0.2) is 28.4 Å². The van der Waals surface area contributed by atoms with Crippen molar-refractivity contribution in [2.24, 2.45) is 0 Å². The Balaban J connectivity index is 2.06. The number of thiazole rings is 1. The number of aliphatic hydroxyl groups is 1. The largest absolute Gasteiger partial charge is 0.390 e. The van der Waals surface area contributed by atoms with Gasteiger partial charge in [-0.05, 0) is 19.8 Å². The lowest BCUT2D eigenvalue weighted by Crippen LogP contribution is -2.45. The Labute approximate surface area is 113 Å². The minimum absolute atomic E-state index is 0.324. The molecular weight excluding hydrogens is 246 g/mol. The van der Waals surface area contributed by atoms with Crippen molar-refractivity contribution in [1.29, 1.82) is 0 Å². The average molecular weight is 269 g/mol. The Morgan fingerprint density at radius 2 is 2.11 bits per heavy atom. The van der Waals surface area contributed by atoms with Gasteiger partial charge in [0.2, 0.25) is 0 Å². The average Bonchev–Trinajstić information content (AvgIpc) is 2.74. The van der Waals surface area contributed by atoms with Crippen LogP contribution in [0.1, 0.15) is 50.3 Å². The highest BCUT2D eigenvalue weighted by atomic mass is 32.1. The molecule has 0 bridgehead atoms. The molecule has 0 spiro atoms. The molecule has 0 amide bonds. The molecule has 1 aliphatic carbocycles. The van der Waals surface area contributed by atoms with Crippen LogP contribution in [-0.2, 0) is 11.2 Å². The first-order chi connectivity index (χ1) is 8.77. The fraction of sp³-hybridized carbons (Fsp3) is 0.786. The van der Waals surface area contributed by atoms with Crippen LogP contribution < -0.4 is 0 Å². The van der Waals surface area contributed by atoms with E-state index in [1.54, 1.807) is 11.3 Å². The van der Waals surface area contributed by atoms with Crippen LogP contribution in [0.25, 0.3) is 0 Å². The van der Waals surface area contributed by atoms with Gasteiger partial charge in [-0.2, -0.15) is 0 Å². The van der Waals surface area contributed by atoms with Gasteiger partial charge in [0, 0.05) is 24.1 Å². The van der Waals surface area contributed by atoms with Crippen LogP contribution in [0.4, 0.5) is 0 Å². The topological polar surface area (TPSA) is 42.4 Å². The Kier molecular flexibility index (Phi) is 5.15. The highest BCUT2D eigenvalue weighted by Crippen LogP contribution is 2.35. The van der Waals surface area contributed by atoms with Gasteiger partial charge in [0.15, 0.2) is 0 Å². The van der Waals surface area contributed by atoms with Crippen LogP contribution in [0, 0.1) is 0 Å². The normalized spacial score (nSPS) is 21.4. The summed E-state index contributed by atoms with van der Waals surface area (Å²) in [6, 6.07) is 0. The molecule has 1 aromatic heterocycles. The number of ether oxygens (including phenoxy) is 1. The fourth-order valence-electron chi connectivity index (χ4n) is 2.91. The quantitative estimate of drug-likeness (QED) is 0.835. The molecule has 0 radical (unpaired) electrons. The molecule has 1 atom stereocenters. The molecule has 3 nitrogen and oxygen atoms in total. The van der Waals surface area contributed by atoms with Gasteiger partial charge in [0.1, 0.15) is 0 Å². The molecule has 1 saturated carbocycles. The summed E-state index contributed by atoms with van der Waals surface area (Å²) in [6.07, 6.45) is 8.95. The van der Waals surface area contributed by atoms with Gasteiger partial charge in [-0.3, -0.25) is 4.98 Å². The number of nitrogens with zero attached hydrogens (tertiary/aromatic N) is 1. The SMILES string of the molecule is CCOC1(C(O)Cc2cncs2)CCCCCC1. The van der Waals surface area contributed by atoms with E-state index < -0.39 is 6.10 Å². The first-order valence-electron chi connectivity index (χ1n) is 6.96. The third kappa shape index (κ3) is 3.31. The number of aliphatic hydroxyl groups excluding tert-OH is 1. The zero-order valence-corrected chi connectivity index (χ0v) is 11.9. The molecule has 0 aromatic carbocycles. The zero-order chi connectivity index (χ0) is 12.8. The summed E-state index contributed by atoms with van der Waals surface area (Å²) in [4.78, 5) is 5.22. The van der Waals surface area contributed by atoms with Gasteiger partial charge in [-0.1, -0.05) is 25.7 Å². The Hall–Kier alpha value is -0.450. The molecule has 1 unspecified atom stereocenters. The van der Waals surface area contributed by atoms with Gasteiger partial charge in [0.25, 0.3) is 0 Å². The molecule has 1 fully saturated rings. The molecule has 0 aliphatic heterocycles. The van der Waals surface area contributed by atoms with Crippen molar-refractivity contribution < 1.29 is 9.84 Å². The van der Waals surface area contributed by atoms with Gasteiger partial charge < -0.3 is 9.84 Å². The summed E-state index contributed by atoms with van der Waals surface area (Å²) in [5.74, 6) is 0. The van der Waals surface area contributed by atoms with Crippen LogP contribution in [0.2, 0.25) is 0 Å². The minimum atomic E-state index is -0.406. The molecule has 1 heterocycles. The molecular formula is C14H23NO2S. The van der Waals surface area contributed by atoms with E-state index in [1.807, 2.05) is 18.6 Å². The first-order valence-corrected chi connectivity index (χ1v) is 7.84. The first kappa shape index (κ1) is 14.0. The second-order valence-electron chi connectivity index (χ2n) is 5.10. The molecule has 102 valence electrons. The van der Waals surface area contributed by atoms with E-state index in [1.165, 1.54) is 25.7 Å². The van der Waals surface area contributed by atoms with Crippen molar-refractivity contribution >= 4 is 11.3 Å². The van der Waals surface area contributed by atoms with E-state index in [0.29, 0.717) is 13.0 Å². The summed E-state index contributed by atoms with van der Waals surface area (Å²) in [5.41, 5.74) is 1.50. The zero-order valence-electron chi connectivity index (χ0n) is 11.1. The highest BCUT2D eigenvalue weighted by molar-refractivity contribution is 7.09. The summed E-state index contributed by atoms with van der Waals surface area (Å²) < 4.78 is 6.00. The minimum Gasteiger partial charge on any atom is -0.390 e.